The van der Waals surface area contributed by atoms with E-state index in [9.17, 15) is 4.79 Å². The highest BCUT2D eigenvalue weighted by atomic mass is 16.2. The fourth-order valence-electron chi connectivity index (χ4n) is 2.95. The van der Waals surface area contributed by atoms with Gasteiger partial charge in [-0.2, -0.15) is 0 Å². The molecule has 0 aliphatic heterocycles. The molecule has 1 heterocycles. The molecule has 0 radical (unpaired) electrons. The van der Waals surface area contributed by atoms with Crippen LogP contribution in [0, 0.1) is 13.8 Å². The van der Waals surface area contributed by atoms with E-state index in [-0.39, 0.29) is 5.91 Å². The minimum atomic E-state index is 0.0514. The molecule has 0 aliphatic carbocycles. The fourth-order valence-corrected chi connectivity index (χ4v) is 2.95. The van der Waals surface area contributed by atoms with Crippen LogP contribution in [-0.4, -0.2) is 10.5 Å². The number of allylic oxidation sites excluding steroid dienone is 2. The van der Waals surface area contributed by atoms with Crippen molar-refractivity contribution in [2.24, 2.45) is 0 Å². The fraction of sp³-hybridized carbons (Fsp3) is 0.190. The van der Waals surface area contributed by atoms with Crippen LogP contribution in [-0.2, 0) is 0 Å². The van der Waals surface area contributed by atoms with Gasteiger partial charge in [0.2, 0.25) is 0 Å². The second-order valence-electron chi connectivity index (χ2n) is 5.92. The second kappa shape index (κ2) is 5.88. The lowest BCUT2D eigenvalue weighted by molar-refractivity contribution is 0.0958. The first kappa shape index (κ1) is 15.3. The number of fused-ring (bicyclic) bond motifs is 1. The van der Waals surface area contributed by atoms with Crippen molar-refractivity contribution in [3.8, 4) is 11.1 Å². The monoisotopic (exact) mass is 303 g/mol. The standard InChI is InChI=1S/C21H21NO/c1-5-14(2)21(23)22-16(4)15(3)19-13-18(11-12-20(19)22)17-9-7-6-8-10-17/h5-13H,1-4H3/b14-5+. The minimum Gasteiger partial charge on any atom is -0.280 e. The Bertz CT molecular complexity index is 914. The summed E-state index contributed by atoms with van der Waals surface area (Å²) in [5.74, 6) is 0.0514. The average Bonchev–Trinajstić information content (AvgIpc) is 2.85. The van der Waals surface area contributed by atoms with E-state index in [2.05, 4.69) is 37.3 Å². The molecule has 0 saturated heterocycles. The zero-order chi connectivity index (χ0) is 16.6. The molecule has 0 spiro atoms. The van der Waals surface area contributed by atoms with Crippen LogP contribution < -0.4 is 0 Å². The quantitative estimate of drug-likeness (QED) is 0.570. The number of carbonyl (C=O) groups is 1. The maximum absolute atomic E-state index is 12.7. The van der Waals surface area contributed by atoms with Crippen molar-refractivity contribution in [3.63, 3.8) is 0 Å². The van der Waals surface area contributed by atoms with E-state index in [0.717, 1.165) is 27.7 Å². The Balaban J connectivity index is 2.23. The zero-order valence-electron chi connectivity index (χ0n) is 14.1. The molecular weight excluding hydrogens is 282 g/mol. The van der Waals surface area contributed by atoms with Gasteiger partial charge in [0.15, 0.2) is 0 Å². The van der Waals surface area contributed by atoms with E-state index in [0.29, 0.717) is 0 Å². The van der Waals surface area contributed by atoms with Crippen molar-refractivity contribution < 1.29 is 4.79 Å². The Morgan fingerprint density at radius 2 is 1.70 bits per heavy atom. The molecule has 2 heteroatoms. The summed E-state index contributed by atoms with van der Waals surface area (Å²) < 4.78 is 1.83. The predicted molar refractivity (Wildman–Crippen MR) is 96.9 cm³/mol. The molecule has 0 saturated carbocycles. The van der Waals surface area contributed by atoms with Crippen molar-refractivity contribution >= 4 is 16.8 Å². The van der Waals surface area contributed by atoms with Gasteiger partial charge >= 0.3 is 0 Å². The van der Waals surface area contributed by atoms with E-state index in [1.165, 1.54) is 11.1 Å². The number of benzene rings is 2. The molecule has 0 fully saturated rings. The SMILES string of the molecule is C/C=C(\C)C(=O)n1c(C)c(C)c2cc(-c3ccccc3)ccc21. The molecule has 2 aromatic carbocycles. The van der Waals surface area contributed by atoms with Gasteiger partial charge in [0.25, 0.3) is 5.91 Å². The molecule has 0 amide bonds. The van der Waals surface area contributed by atoms with Gasteiger partial charge in [0.1, 0.15) is 0 Å². The van der Waals surface area contributed by atoms with Crippen molar-refractivity contribution in [1.29, 1.82) is 0 Å². The Kier molecular flexibility index (Phi) is 3.91. The molecule has 0 bridgehead atoms. The first-order chi connectivity index (χ1) is 11.0. The normalized spacial score (nSPS) is 11.9. The largest absolute Gasteiger partial charge is 0.280 e. The predicted octanol–water partition coefficient (Wildman–Crippen LogP) is 5.53. The maximum atomic E-state index is 12.7. The van der Waals surface area contributed by atoms with E-state index < -0.39 is 0 Å². The molecule has 1 aromatic heterocycles. The van der Waals surface area contributed by atoms with Gasteiger partial charge in [0, 0.05) is 16.7 Å². The highest BCUT2D eigenvalue weighted by molar-refractivity contribution is 6.04. The molecule has 23 heavy (non-hydrogen) atoms. The van der Waals surface area contributed by atoms with Crippen molar-refractivity contribution in [3.05, 3.63) is 71.4 Å². The highest BCUT2D eigenvalue weighted by Crippen LogP contribution is 2.30. The third-order valence-corrected chi connectivity index (χ3v) is 4.60. The summed E-state index contributed by atoms with van der Waals surface area (Å²) in [6.07, 6.45) is 1.86. The minimum absolute atomic E-state index is 0.0514. The lowest BCUT2D eigenvalue weighted by atomic mass is 10.0. The van der Waals surface area contributed by atoms with Crippen molar-refractivity contribution in [2.75, 3.05) is 0 Å². The van der Waals surface area contributed by atoms with E-state index in [1.54, 1.807) is 0 Å². The third-order valence-electron chi connectivity index (χ3n) is 4.60. The number of hydrogen-bond donors (Lipinski definition) is 0. The van der Waals surface area contributed by atoms with Crippen LogP contribution in [0.2, 0.25) is 0 Å². The molecular formula is C21H21NO. The maximum Gasteiger partial charge on any atom is 0.257 e. The van der Waals surface area contributed by atoms with E-state index >= 15 is 0 Å². The van der Waals surface area contributed by atoms with Gasteiger partial charge < -0.3 is 0 Å². The lowest BCUT2D eigenvalue weighted by Gasteiger charge is -2.07. The summed E-state index contributed by atoms with van der Waals surface area (Å²) in [7, 11) is 0. The van der Waals surface area contributed by atoms with Gasteiger partial charge in [-0.25, -0.2) is 0 Å². The molecule has 0 atom stereocenters. The molecule has 116 valence electrons. The summed E-state index contributed by atoms with van der Waals surface area (Å²) in [4.78, 5) is 12.7. The second-order valence-corrected chi connectivity index (χ2v) is 5.92. The molecule has 3 aromatic rings. The van der Waals surface area contributed by atoms with E-state index in [4.69, 9.17) is 0 Å². The number of carbonyl (C=O) groups excluding carboxylic acids is 1. The number of aryl methyl sites for hydroxylation is 1. The molecule has 0 aliphatic rings. The van der Waals surface area contributed by atoms with Gasteiger partial charge in [0.05, 0.1) is 5.52 Å². The van der Waals surface area contributed by atoms with Crippen LogP contribution in [0.5, 0.6) is 0 Å². The van der Waals surface area contributed by atoms with E-state index in [1.807, 2.05) is 49.6 Å². The van der Waals surface area contributed by atoms with Crippen LogP contribution in [0.25, 0.3) is 22.0 Å². The lowest BCUT2D eigenvalue weighted by Crippen LogP contribution is -2.13. The third kappa shape index (κ3) is 2.50. The first-order valence-electron chi connectivity index (χ1n) is 7.89. The van der Waals surface area contributed by atoms with Crippen molar-refractivity contribution in [1.82, 2.24) is 4.57 Å². The molecule has 2 nitrogen and oxygen atoms in total. The number of hydrogen-bond acceptors (Lipinski definition) is 1. The van der Waals surface area contributed by atoms with Crippen LogP contribution in [0.4, 0.5) is 0 Å². The van der Waals surface area contributed by atoms with Crippen molar-refractivity contribution in [2.45, 2.75) is 27.7 Å². The number of rotatable bonds is 2. The Morgan fingerprint density at radius 3 is 2.35 bits per heavy atom. The highest BCUT2D eigenvalue weighted by Gasteiger charge is 2.17. The van der Waals surface area contributed by atoms with Crippen LogP contribution in [0.15, 0.2) is 60.2 Å². The van der Waals surface area contributed by atoms with Crippen LogP contribution in [0.3, 0.4) is 0 Å². The zero-order valence-corrected chi connectivity index (χ0v) is 14.1. The number of aromatic nitrogens is 1. The summed E-state index contributed by atoms with van der Waals surface area (Å²) >= 11 is 0. The van der Waals surface area contributed by atoms with Crippen LogP contribution >= 0.6 is 0 Å². The summed E-state index contributed by atoms with van der Waals surface area (Å²) in [6, 6.07) is 16.6. The van der Waals surface area contributed by atoms with Gasteiger partial charge in [-0.3, -0.25) is 9.36 Å². The Labute approximate surface area is 137 Å². The van der Waals surface area contributed by atoms with Crippen LogP contribution in [0.1, 0.15) is 29.9 Å². The summed E-state index contributed by atoms with van der Waals surface area (Å²) in [6.45, 7) is 7.86. The van der Waals surface area contributed by atoms with Gasteiger partial charge in [-0.1, -0.05) is 42.5 Å². The topological polar surface area (TPSA) is 22.0 Å². The Hall–Kier alpha value is -2.61. The molecule has 0 unspecified atom stereocenters. The Morgan fingerprint density at radius 1 is 1.00 bits per heavy atom. The summed E-state index contributed by atoms with van der Waals surface area (Å²) in [5.41, 5.74) is 6.28. The van der Waals surface area contributed by atoms with Gasteiger partial charge in [-0.15, -0.1) is 0 Å². The molecule has 0 N–H and O–H groups in total. The first-order valence-corrected chi connectivity index (χ1v) is 7.89. The molecule has 3 rings (SSSR count). The summed E-state index contributed by atoms with van der Waals surface area (Å²) in [5, 5.41) is 1.14. The smallest absolute Gasteiger partial charge is 0.257 e. The number of nitrogens with zero attached hydrogens (tertiary/aromatic N) is 1. The van der Waals surface area contributed by atoms with Gasteiger partial charge in [-0.05, 0) is 56.5 Å². The average molecular weight is 303 g/mol.